The van der Waals surface area contributed by atoms with Crippen molar-refractivity contribution in [3.05, 3.63) is 29.3 Å². The average molecular weight is 292 g/mol. The number of nitrogens with zero attached hydrogens (tertiary/aromatic N) is 1. The third-order valence-corrected chi connectivity index (χ3v) is 3.50. The number of anilines is 1. The number of fused-ring (bicyclic) bond motifs is 1. The summed E-state index contributed by atoms with van der Waals surface area (Å²) in [6.07, 6.45) is 1.56. The maximum absolute atomic E-state index is 11.9. The number of benzene rings is 1. The van der Waals surface area contributed by atoms with Gasteiger partial charge < -0.3 is 20.1 Å². The van der Waals surface area contributed by atoms with Crippen molar-refractivity contribution in [1.82, 2.24) is 5.32 Å². The molecule has 0 aromatic heterocycles. The minimum atomic E-state index is -0.924. The number of ether oxygens (including phenoxy) is 1. The Balaban J connectivity index is 1.90. The van der Waals surface area contributed by atoms with E-state index in [4.69, 9.17) is 9.84 Å². The first-order valence-electron chi connectivity index (χ1n) is 6.98. The van der Waals surface area contributed by atoms with Crippen LogP contribution in [0.15, 0.2) is 18.2 Å². The van der Waals surface area contributed by atoms with E-state index in [0.717, 1.165) is 30.6 Å². The van der Waals surface area contributed by atoms with Crippen LogP contribution in [-0.2, 0) is 16.0 Å². The van der Waals surface area contributed by atoms with Gasteiger partial charge in [-0.05, 0) is 36.6 Å². The summed E-state index contributed by atoms with van der Waals surface area (Å²) in [6.45, 7) is 2.27. The molecule has 0 aliphatic carbocycles. The predicted molar refractivity (Wildman–Crippen MR) is 78.8 cm³/mol. The third kappa shape index (κ3) is 3.95. The zero-order valence-corrected chi connectivity index (χ0v) is 12.1. The molecule has 0 radical (unpaired) electrons. The highest BCUT2D eigenvalue weighted by Gasteiger charge is 2.22. The lowest BCUT2D eigenvalue weighted by Crippen LogP contribution is -2.37. The van der Waals surface area contributed by atoms with Crippen LogP contribution in [-0.4, -0.2) is 50.3 Å². The molecule has 6 nitrogen and oxygen atoms in total. The molecule has 0 fully saturated rings. The smallest absolute Gasteiger partial charge is 0.335 e. The van der Waals surface area contributed by atoms with Gasteiger partial charge >= 0.3 is 5.97 Å². The highest BCUT2D eigenvalue weighted by Crippen LogP contribution is 2.28. The lowest BCUT2D eigenvalue weighted by Gasteiger charge is -2.18. The number of hydrogen-bond acceptors (Lipinski definition) is 4. The van der Waals surface area contributed by atoms with Gasteiger partial charge in [-0.3, -0.25) is 4.79 Å². The molecule has 0 atom stereocenters. The minimum Gasteiger partial charge on any atom is -0.478 e. The predicted octanol–water partition coefficient (Wildman–Crippen LogP) is 0.900. The molecule has 1 aromatic rings. The summed E-state index contributed by atoms with van der Waals surface area (Å²) in [6, 6.07) is 5.05. The zero-order valence-electron chi connectivity index (χ0n) is 12.1. The van der Waals surface area contributed by atoms with Crippen molar-refractivity contribution in [2.45, 2.75) is 12.8 Å². The third-order valence-electron chi connectivity index (χ3n) is 3.50. The second-order valence-corrected chi connectivity index (χ2v) is 5.02. The Hall–Kier alpha value is -2.08. The summed E-state index contributed by atoms with van der Waals surface area (Å²) in [4.78, 5) is 24.8. The van der Waals surface area contributed by atoms with Crippen LogP contribution in [0.1, 0.15) is 22.3 Å². The summed E-state index contributed by atoms with van der Waals surface area (Å²) in [7, 11) is 1.63. The SMILES string of the molecule is COCCCNC(=O)CN1CCc2cc(C(=O)O)ccc21. The highest BCUT2D eigenvalue weighted by atomic mass is 16.5. The van der Waals surface area contributed by atoms with E-state index in [1.807, 2.05) is 4.90 Å². The van der Waals surface area contributed by atoms with Crippen molar-refractivity contribution in [3.63, 3.8) is 0 Å². The standard InChI is InChI=1S/C15H20N2O4/c1-21-8-2-6-16-14(18)10-17-7-5-11-9-12(15(19)20)3-4-13(11)17/h3-4,9H,2,5-8,10H2,1H3,(H,16,18)(H,19,20). The van der Waals surface area contributed by atoms with Crippen LogP contribution in [0.3, 0.4) is 0 Å². The monoisotopic (exact) mass is 292 g/mol. The summed E-state index contributed by atoms with van der Waals surface area (Å²) >= 11 is 0. The van der Waals surface area contributed by atoms with Gasteiger partial charge in [0, 0.05) is 32.5 Å². The van der Waals surface area contributed by atoms with Crippen LogP contribution in [0.5, 0.6) is 0 Å². The van der Waals surface area contributed by atoms with Gasteiger partial charge in [0.05, 0.1) is 12.1 Å². The van der Waals surface area contributed by atoms with Crippen molar-refractivity contribution < 1.29 is 19.4 Å². The molecule has 0 saturated carbocycles. The first-order valence-corrected chi connectivity index (χ1v) is 6.98. The van der Waals surface area contributed by atoms with Gasteiger partial charge in [-0.2, -0.15) is 0 Å². The molecule has 0 spiro atoms. The Labute approximate surface area is 123 Å². The lowest BCUT2D eigenvalue weighted by molar-refractivity contribution is -0.119. The normalized spacial score (nSPS) is 13.1. The molecule has 0 saturated heterocycles. The van der Waals surface area contributed by atoms with Gasteiger partial charge in [-0.15, -0.1) is 0 Å². The summed E-state index contributed by atoms with van der Waals surface area (Å²) in [5.41, 5.74) is 2.23. The van der Waals surface area contributed by atoms with Gasteiger partial charge in [0.2, 0.25) is 5.91 Å². The number of aromatic carboxylic acids is 1. The molecule has 114 valence electrons. The van der Waals surface area contributed by atoms with Gasteiger partial charge in [0.1, 0.15) is 0 Å². The number of hydrogen-bond donors (Lipinski definition) is 2. The molecule has 1 aliphatic rings. The fourth-order valence-corrected chi connectivity index (χ4v) is 2.44. The quantitative estimate of drug-likeness (QED) is 0.730. The molecule has 1 heterocycles. The van der Waals surface area contributed by atoms with E-state index in [-0.39, 0.29) is 5.91 Å². The van der Waals surface area contributed by atoms with E-state index >= 15 is 0 Å². The number of carboxylic acids is 1. The Morgan fingerprint density at radius 2 is 2.24 bits per heavy atom. The van der Waals surface area contributed by atoms with Crippen molar-refractivity contribution in [2.24, 2.45) is 0 Å². The minimum absolute atomic E-state index is 0.0266. The van der Waals surface area contributed by atoms with Gasteiger partial charge in [-0.25, -0.2) is 4.79 Å². The van der Waals surface area contributed by atoms with Crippen molar-refractivity contribution in [1.29, 1.82) is 0 Å². The number of methoxy groups -OCH3 is 1. The van der Waals surface area contributed by atoms with Crippen LogP contribution < -0.4 is 10.2 Å². The fraction of sp³-hybridized carbons (Fsp3) is 0.467. The number of carbonyl (C=O) groups excluding carboxylic acids is 1. The van der Waals surface area contributed by atoms with Crippen LogP contribution in [0.25, 0.3) is 0 Å². The Morgan fingerprint density at radius 1 is 1.43 bits per heavy atom. The number of carboxylic acid groups (broad SMARTS) is 1. The molecule has 1 aromatic carbocycles. The summed E-state index contributed by atoms with van der Waals surface area (Å²) in [5, 5.41) is 11.8. The van der Waals surface area contributed by atoms with Gasteiger partial charge in [-0.1, -0.05) is 0 Å². The van der Waals surface area contributed by atoms with E-state index in [1.165, 1.54) is 0 Å². The Bertz CT molecular complexity index is 530. The lowest BCUT2D eigenvalue weighted by atomic mass is 10.1. The van der Waals surface area contributed by atoms with E-state index in [2.05, 4.69) is 5.32 Å². The van der Waals surface area contributed by atoms with Crippen molar-refractivity contribution in [3.8, 4) is 0 Å². The second-order valence-electron chi connectivity index (χ2n) is 5.02. The molecule has 6 heteroatoms. The molecule has 0 unspecified atom stereocenters. The summed E-state index contributed by atoms with van der Waals surface area (Å²) in [5.74, 6) is -0.951. The molecular formula is C15H20N2O4. The molecule has 1 amide bonds. The molecule has 2 N–H and O–H groups in total. The Morgan fingerprint density at radius 3 is 2.95 bits per heavy atom. The molecule has 1 aliphatic heterocycles. The van der Waals surface area contributed by atoms with Gasteiger partial charge in [0.15, 0.2) is 0 Å². The molecule has 0 bridgehead atoms. The van der Waals surface area contributed by atoms with E-state index in [0.29, 0.717) is 25.3 Å². The first kappa shape index (κ1) is 15.3. The first-order chi connectivity index (χ1) is 10.1. The van der Waals surface area contributed by atoms with Gasteiger partial charge in [0.25, 0.3) is 0 Å². The number of carbonyl (C=O) groups is 2. The van der Waals surface area contributed by atoms with E-state index in [9.17, 15) is 9.59 Å². The number of amides is 1. The second kappa shape index (κ2) is 7.08. The topological polar surface area (TPSA) is 78.9 Å². The molecule has 2 rings (SSSR count). The number of nitrogens with one attached hydrogen (secondary N) is 1. The maximum Gasteiger partial charge on any atom is 0.335 e. The fourth-order valence-electron chi connectivity index (χ4n) is 2.44. The van der Waals surface area contributed by atoms with Crippen LogP contribution >= 0.6 is 0 Å². The number of rotatable bonds is 7. The Kier molecular flexibility index (Phi) is 5.16. The van der Waals surface area contributed by atoms with E-state index < -0.39 is 5.97 Å². The average Bonchev–Trinajstić information content (AvgIpc) is 2.86. The van der Waals surface area contributed by atoms with Crippen molar-refractivity contribution >= 4 is 17.6 Å². The molecule has 21 heavy (non-hydrogen) atoms. The largest absolute Gasteiger partial charge is 0.478 e. The zero-order chi connectivity index (χ0) is 15.2. The van der Waals surface area contributed by atoms with Crippen LogP contribution in [0, 0.1) is 0 Å². The van der Waals surface area contributed by atoms with E-state index in [1.54, 1.807) is 25.3 Å². The highest BCUT2D eigenvalue weighted by molar-refractivity contribution is 5.89. The van der Waals surface area contributed by atoms with Crippen molar-refractivity contribution in [2.75, 3.05) is 38.3 Å². The maximum atomic E-state index is 11.9. The van der Waals surface area contributed by atoms with Crippen LogP contribution in [0.4, 0.5) is 5.69 Å². The summed E-state index contributed by atoms with van der Waals surface area (Å²) < 4.78 is 4.92. The molecular weight excluding hydrogens is 272 g/mol. The van der Waals surface area contributed by atoms with Crippen LogP contribution in [0.2, 0.25) is 0 Å².